The Balaban J connectivity index is 2.61. The quantitative estimate of drug-likeness (QED) is 0.308. The summed E-state index contributed by atoms with van der Waals surface area (Å²) in [6, 6.07) is 0.239. The van der Waals surface area contributed by atoms with E-state index < -0.39 is 11.5 Å². The standard InChI is InChI=1S/C9H17N5O2/c1-7-5-9(8(15)16,6-14(7)2)11-3-4-12-13-10/h7,11H,3-6H2,1-2H3,(H,15,16). The van der Waals surface area contributed by atoms with Crippen LogP contribution in [-0.2, 0) is 4.79 Å². The first-order chi connectivity index (χ1) is 7.52. The van der Waals surface area contributed by atoms with E-state index in [2.05, 4.69) is 15.3 Å². The molecule has 0 aromatic carbocycles. The number of likely N-dealkylation sites (N-methyl/N-ethyl adjacent to an activating group) is 1. The van der Waals surface area contributed by atoms with E-state index in [1.54, 1.807) is 0 Å². The highest BCUT2D eigenvalue weighted by molar-refractivity contribution is 5.79. The van der Waals surface area contributed by atoms with Crippen LogP contribution in [0.25, 0.3) is 10.4 Å². The van der Waals surface area contributed by atoms with Gasteiger partial charge in [0.1, 0.15) is 5.54 Å². The molecule has 2 N–H and O–H groups in total. The molecule has 1 aliphatic heterocycles. The van der Waals surface area contributed by atoms with Gasteiger partial charge in [-0.2, -0.15) is 0 Å². The first-order valence-corrected chi connectivity index (χ1v) is 5.21. The van der Waals surface area contributed by atoms with E-state index in [1.165, 1.54) is 0 Å². The van der Waals surface area contributed by atoms with Crippen LogP contribution >= 0.6 is 0 Å². The molecule has 1 heterocycles. The molecule has 1 rings (SSSR count). The van der Waals surface area contributed by atoms with E-state index in [4.69, 9.17) is 5.53 Å². The van der Waals surface area contributed by atoms with Gasteiger partial charge in [-0.1, -0.05) is 5.11 Å². The lowest BCUT2D eigenvalue weighted by molar-refractivity contribution is -0.144. The molecule has 0 saturated carbocycles. The summed E-state index contributed by atoms with van der Waals surface area (Å²) in [5.74, 6) is -0.843. The fraction of sp³-hybridized carbons (Fsp3) is 0.889. The van der Waals surface area contributed by atoms with Crippen molar-refractivity contribution in [2.24, 2.45) is 5.11 Å². The Morgan fingerprint density at radius 2 is 2.50 bits per heavy atom. The number of likely N-dealkylation sites (tertiary alicyclic amines) is 1. The molecule has 0 aromatic heterocycles. The minimum absolute atomic E-state index is 0.239. The second-order valence-corrected chi connectivity index (χ2v) is 4.24. The van der Waals surface area contributed by atoms with Crippen molar-refractivity contribution in [2.45, 2.75) is 24.9 Å². The van der Waals surface area contributed by atoms with Gasteiger partial charge in [0.05, 0.1) is 0 Å². The lowest BCUT2D eigenvalue weighted by Crippen LogP contribution is -2.54. The number of azide groups is 1. The lowest BCUT2D eigenvalue weighted by atomic mass is 9.96. The number of nitrogens with zero attached hydrogens (tertiary/aromatic N) is 4. The molecule has 0 radical (unpaired) electrons. The molecule has 7 nitrogen and oxygen atoms in total. The summed E-state index contributed by atoms with van der Waals surface area (Å²) >= 11 is 0. The van der Waals surface area contributed by atoms with Crippen LogP contribution in [0.4, 0.5) is 0 Å². The second kappa shape index (κ2) is 5.16. The number of rotatable bonds is 5. The minimum Gasteiger partial charge on any atom is -0.480 e. The number of carboxylic acids is 1. The molecule has 0 aliphatic carbocycles. The Bertz CT molecular complexity index is 303. The molecule has 1 fully saturated rings. The maximum absolute atomic E-state index is 11.3. The number of hydrogen-bond donors (Lipinski definition) is 2. The number of nitrogens with one attached hydrogen (secondary N) is 1. The van der Waals surface area contributed by atoms with Gasteiger partial charge in [-0.3, -0.25) is 4.79 Å². The molecule has 7 heteroatoms. The molecule has 0 amide bonds. The van der Waals surface area contributed by atoms with Crippen LogP contribution in [-0.4, -0.2) is 54.2 Å². The van der Waals surface area contributed by atoms with Crippen LogP contribution < -0.4 is 5.32 Å². The van der Waals surface area contributed by atoms with E-state index in [1.807, 2.05) is 18.9 Å². The van der Waals surface area contributed by atoms with Crippen molar-refractivity contribution < 1.29 is 9.90 Å². The van der Waals surface area contributed by atoms with Crippen molar-refractivity contribution in [2.75, 3.05) is 26.7 Å². The van der Waals surface area contributed by atoms with E-state index in [0.29, 0.717) is 19.5 Å². The van der Waals surface area contributed by atoms with Crippen LogP contribution in [0.1, 0.15) is 13.3 Å². The maximum Gasteiger partial charge on any atom is 0.325 e. The van der Waals surface area contributed by atoms with Crippen LogP contribution in [0.3, 0.4) is 0 Å². The Morgan fingerprint density at radius 3 is 2.94 bits per heavy atom. The zero-order valence-corrected chi connectivity index (χ0v) is 9.55. The van der Waals surface area contributed by atoms with Gasteiger partial charge in [0.15, 0.2) is 0 Å². The zero-order chi connectivity index (χ0) is 12.2. The van der Waals surface area contributed by atoms with Gasteiger partial charge >= 0.3 is 5.97 Å². The smallest absolute Gasteiger partial charge is 0.325 e. The SMILES string of the molecule is CC1CC(NCCN=[N+]=[N-])(C(=O)O)CN1C. The molecule has 1 aliphatic rings. The first kappa shape index (κ1) is 12.8. The number of carboxylic acid groups (broad SMARTS) is 1. The fourth-order valence-electron chi connectivity index (χ4n) is 2.05. The van der Waals surface area contributed by atoms with E-state index >= 15 is 0 Å². The highest BCUT2D eigenvalue weighted by Gasteiger charge is 2.46. The molecule has 0 spiro atoms. The molecule has 16 heavy (non-hydrogen) atoms. The van der Waals surface area contributed by atoms with Gasteiger partial charge in [-0.05, 0) is 25.9 Å². The second-order valence-electron chi connectivity index (χ2n) is 4.24. The maximum atomic E-state index is 11.3. The Kier molecular flexibility index (Phi) is 4.12. The predicted octanol–water partition coefficient (Wildman–Crippen LogP) is 0.434. The topological polar surface area (TPSA) is 101 Å². The van der Waals surface area contributed by atoms with Gasteiger partial charge < -0.3 is 15.3 Å². The van der Waals surface area contributed by atoms with Crippen LogP contribution in [0, 0.1) is 0 Å². The summed E-state index contributed by atoms with van der Waals surface area (Å²) in [5, 5.41) is 15.6. The largest absolute Gasteiger partial charge is 0.480 e. The summed E-state index contributed by atoms with van der Waals surface area (Å²) in [4.78, 5) is 15.9. The van der Waals surface area contributed by atoms with Gasteiger partial charge in [0, 0.05) is 30.6 Å². The monoisotopic (exact) mass is 227 g/mol. The lowest BCUT2D eigenvalue weighted by Gasteiger charge is -2.25. The van der Waals surface area contributed by atoms with Gasteiger partial charge in [0.2, 0.25) is 0 Å². The van der Waals surface area contributed by atoms with Crippen molar-refractivity contribution >= 4 is 5.97 Å². The molecule has 2 atom stereocenters. The molecular weight excluding hydrogens is 210 g/mol. The van der Waals surface area contributed by atoms with Crippen LogP contribution in [0.5, 0.6) is 0 Å². The predicted molar refractivity (Wildman–Crippen MR) is 59.1 cm³/mol. The molecule has 90 valence electrons. The summed E-state index contributed by atoms with van der Waals surface area (Å²) in [6.07, 6.45) is 0.565. The molecule has 2 unspecified atom stereocenters. The Morgan fingerprint density at radius 1 is 1.81 bits per heavy atom. The van der Waals surface area contributed by atoms with Crippen molar-refractivity contribution in [1.82, 2.24) is 10.2 Å². The van der Waals surface area contributed by atoms with Crippen LogP contribution in [0.15, 0.2) is 5.11 Å². The average Bonchev–Trinajstić information content (AvgIpc) is 2.51. The highest BCUT2D eigenvalue weighted by atomic mass is 16.4. The van der Waals surface area contributed by atoms with E-state index in [0.717, 1.165) is 0 Å². The van der Waals surface area contributed by atoms with Crippen molar-refractivity contribution in [3.8, 4) is 0 Å². The number of carbonyl (C=O) groups is 1. The molecule has 0 aromatic rings. The zero-order valence-electron chi connectivity index (χ0n) is 9.55. The minimum atomic E-state index is -0.904. The average molecular weight is 227 g/mol. The van der Waals surface area contributed by atoms with Crippen molar-refractivity contribution in [3.05, 3.63) is 10.4 Å². The van der Waals surface area contributed by atoms with E-state index in [9.17, 15) is 9.90 Å². The highest BCUT2D eigenvalue weighted by Crippen LogP contribution is 2.25. The van der Waals surface area contributed by atoms with Crippen molar-refractivity contribution in [3.63, 3.8) is 0 Å². The summed E-state index contributed by atoms with van der Waals surface area (Å²) in [6.45, 7) is 3.13. The number of hydrogen-bond acceptors (Lipinski definition) is 4. The first-order valence-electron chi connectivity index (χ1n) is 5.21. The fourth-order valence-corrected chi connectivity index (χ4v) is 2.05. The number of aliphatic carboxylic acids is 1. The van der Waals surface area contributed by atoms with Crippen LogP contribution in [0.2, 0.25) is 0 Å². The molecule has 1 saturated heterocycles. The Labute approximate surface area is 94.1 Å². The third-order valence-corrected chi connectivity index (χ3v) is 3.06. The third kappa shape index (κ3) is 2.63. The van der Waals surface area contributed by atoms with Crippen molar-refractivity contribution in [1.29, 1.82) is 0 Å². The normalized spacial score (nSPS) is 30.0. The summed E-state index contributed by atoms with van der Waals surface area (Å²) in [7, 11) is 1.91. The van der Waals surface area contributed by atoms with E-state index in [-0.39, 0.29) is 12.6 Å². The Hall–Kier alpha value is -1.30. The third-order valence-electron chi connectivity index (χ3n) is 3.06. The van der Waals surface area contributed by atoms with Gasteiger partial charge in [0.25, 0.3) is 0 Å². The summed E-state index contributed by atoms with van der Waals surface area (Å²) in [5.41, 5.74) is 7.22. The van der Waals surface area contributed by atoms with Gasteiger partial charge in [-0.25, -0.2) is 0 Å². The molecule has 0 bridgehead atoms. The van der Waals surface area contributed by atoms with Gasteiger partial charge in [-0.15, -0.1) is 0 Å². The molecular formula is C9H17N5O2. The summed E-state index contributed by atoms with van der Waals surface area (Å²) < 4.78 is 0.